The number of benzene rings is 2. The third kappa shape index (κ3) is 4.79. The molecule has 0 aromatic heterocycles. The number of nitrogens with zero attached hydrogens (tertiary/aromatic N) is 1. The van der Waals surface area contributed by atoms with Gasteiger partial charge in [0.15, 0.2) is 12.2 Å². The van der Waals surface area contributed by atoms with E-state index in [0.29, 0.717) is 29.9 Å². The summed E-state index contributed by atoms with van der Waals surface area (Å²) in [5.41, 5.74) is 8.10. The maximum absolute atomic E-state index is 13.0. The molecule has 1 heterocycles. The summed E-state index contributed by atoms with van der Waals surface area (Å²) >= 11 is 0. The van der Waals surface area contributed by atoms with Crippen molar-refractivity contribution in [2.45, 2.75) is 25.6 Å². The average Bonchev–Trinajstić information content (AvgIpc) is 2.90. The molecule has 0 aliphatic carbocycles. The lowest BCUT2D eigenvalue weighted by molar-refractivity contribution is -0.145. The van der Waals surface area contributed by atoms with Gasteiger partial charge in [-0.05, 0) is 49.7 Å². The van der Waals surface area contributed by atoms with E-state index in [1.807, 2.05) is 31.2 Å². The van der Waals surface area contributed by atoms with Crippen molar-refractivity contribution in [1.82, 2.24) is 0 Å². The zero-order valence-corrected chi connectivity index (χ0v) is 16.1. The molecule has 0 saturated carbocycles. The Morgan fingerprint density at radius 2 is 1.90 bits per heavy atom. The molecular weight excluding hydrogens is 372 g/mol. The molecule has 0 spiro atoms. The first-order valence-electron chi connectivity index (χ1n) is 9.30. The monoisotopic (exact) mass is 396 g/mol. The Morgan fingerprint density at radius 1 is 1.24 bits per heavy atom. The number of carbonyl (C=O) groups is 2. The molecule has 1 aliphatic heterocycles. The van der Waals surface area contributed by atoms with E-state index in [1.54, 1.807) is 24.3 Å². The van der Waals surface area contributed by atoms with Crippen LogP contribution >= 0.6 is 0 Å². The van der Waals surface area contributed by atoms with Crippen LogP contribution in [0.25, 0.3) is 0 Å². The van der Waals surface area contributed by atoms with Gasteiger partial charge < -0.3 is 25.8 Å². The van der Waals surface area contributed by atoms with Gasteiger partial charge in [-0.15, -0.1) is 0 Å². The molecule has 2 atom stereocenters. The minimum absolute atomic E-state index is 0.0865. The van der Waals surface area contributed by atoms with E-state index in [1.165, 1.54) is 4.90 Å². The number of aliphatic hydroxyl groups excluding tert-OH is 1. The van der Waals surface area contributed by atoms with Crippen LogP contribution in [0.1, 0.15) is 17.5 Å². The van der Waals surface area contributed by atoms with Crippen molar-refractivity contribution in [2.24, 2.45) is 5.73 Å². The fourth-order valence-electron chi connectivity index (χ4n) is 3.06. The molecule has 0 bridgehead atoms. The quantitative estimate of drug-likeness (QED) is 0.449. The number of carbonyl (C=O) groups excluding carboxylic acids is 2. The van der Waals surface area contributed by atoms with Gasteiger partial charge in [0, 0.05) is 30.1 Å². The molecule has 152 valence electrons. The number of aliphatic hydroxyl groups is 1. The highest BCUT2D eigenvalue weighted by molar-refractivity contribution is 6.03. The smallest absolute Gasteiger partial charge is 0.259 e. The first-order chi connectivity index (χ1) is 13.9. The number of anilines is 2. The van der Waals surface area contributed by atoms with Crippen LogP contribution in [0, 0.1) is 12.3 Å². The van der Waals surface area contributed by atoms with Crippen molar-refractivity contribution in [2.75, 3.05) is 23.4 Å². The number of hydrogen-bond acceptors (Lipinski definition) is 5. The highest BCUT2D eigenvalue weighted by Gasteiger charge is 2.38. The van der Waals surface area contributed by atoms with Gasteiger partial charge in [-0.2, -0.15) is 0 Å². The fourth-order valence-corrected chi connectivity index (χ4v) is 3.06. The van der Waals surface area contributed by atoms with Crippen LogP contribution in [0.2, 0.25) is 0 Å². The van der Waals surface area contributed by atoms with Gasteiger partial charge in [0.2, 0.25) is 0 Å². The molecule has 0 radical (unpaired) electrons. The molecule has 8 nitrogen and oxygen atoms in total. The van der Waals surface area contributed by atoms with Gasteiger partial charge in [0.25, 0.3) is 11.8 Å². The minimum Gasteiger partial charge on any atom is -0.384 e. The minimum atomic E-state index is -1.67. The molecule has 1 unspecified atom stereocenters. The second-order valence-electron chi connectivity index (χ2n) is 6.90. The standard InChI is InChI=1S/C21H24N4O4/c1-13-3-9-16(10-4-13)25-11-2-12-29-18(21(25)28)17(26)20(27)24-15-7-5-14(6-8-15)19(22)23/h3-10,17-18,26H,2,11-12H2,1H3,(H3,22,23)(H,24,27)/t17?,18-/m1/s1. The van der Waals surface area contributed by atoms with Crippen molar-refractivity contribution < 1.29 is 19.4 Å². The van der Waals surface area contributed by atoms with E-state index in [4.69, 9.17) is 15.9 Å². The van der Waals surface area contributed by atoms with Crippen LogP contribution in [-0.4, -0.2) is 48.1 Å². The molecule has 2 aromatic carbocycles. The summed E-state index contributed by atoms with van der Waals surface area (Å²) in [5, 5.41) is 20.5. The Hall–Kier alpha value is -3.23. The molecule has 1 fully saturated rings. The number of nitrogen functional groups attached to an aromatic ring is 1. The molecule has 5 N–H and O–H groups in total. The molecule has 8 heteroatoms. The Morgan fingerprint density at radius 3 is 2.52 bits per heavy atom. The number of ether oxygens (including phenoxy) is 1. The molecule has 2 aromatic rings. The number of hydrogen-bond donors (Lipinski definition) is 4. The van der Waals surface area contributed by atoms with Crippen molar-refractivity contribution in [3.05, 3.63) is 59.7 Å². The first-order valence-corrected chi connectivity index (χ1v) is 9.30. The second-order valence-corrected chi connectivity index (χ2v) is 6.90. The number of aryl methyl sites for hydroxylation is 1. The van der Waals surface area contributed by atoms with E-state index < -0.39 is 24.0 Å². The molecular formula is C21H24N4O4. The van der Waals surface area contributed by atoms with Gasteiger partial charge in [-0.25, -0.2) is 0 Å². The Balaban J connectivity index is 1.72. The summed E-state index contributed by atoms with van der Waals surface area (Å²) in [4.78, 5) is 27.0. The van der Waals surface area contributed by atoms with E-state index in [2.05, 4.69) is 5.32 Å². The maximum atomic E-state index is 13.0. The van der Waals surface area contributed by atoms with E-state index in [0.717, 1.165) is 5.56 Å². The average molecular weight is 396 g/mol. The SMILES string of the molecule is Cc1ccc(N2CCCO[C@H](C(O)C(=O)Nc3ccc(C(=N)N)cc3)C2=O)cc1. The van der Waals surface area contributed by atoms with Gasteiger partial charge >= 0.3 is 0 Å². The largest absolute Gasteiger partial charge is 0.384 e. The third-order valence-corrected chi connectivity index (χ3v) is 4.70. The molecule has 1 aliphatic rings. The number of nitrogens with one attached hydrogen (secondary N) is 2. The number of amidine groups is 1. The van der Waals surface area contributed by atoms with Crippen molar-refractivity contribution in [3.63, 3.8) is 0 Å². The first kappa shape index (κ1) is 20.5. The van der Waals surface area contributed by atoms with Crippen molar-refractivity contribution >= 4 is 29.0 Å². The van der Waals surface area contributed by atoms with E-state index in [9.17, 15) is 14.7 Å². The zero-order valence-electron chi connectivity index (χ0n) is 16.1. The van der Waals surface area contributed by atoms with Crippen LogP contribution < -0.4 is 16.0 Å². The zero-order chi connectivity index (χ0) is 21.0. The summed E-state index contributed by atoms with van der Waals surface area (Å²) in [7, 11) is 0. The van der Waals surface area contributed by atoms with Crippen LogP contribution in [0.5, 0.6) is 0 Å². The molecule has 1 saturated heterocycles. The summed E-state index contributed by atoms with van der Waals surface area (Å²) in [6.45, 7) is 2.66. The van der Waals surface area contributed by atoms with Crippen LogP contribution in [-0.2, 0) is 14.3 Å². The van der Waals surface area contributed by atoms with Crippen LogP contribution in [0.4, 0.5) is 11.4 Å². The van der Waals surface area contributed by atoms with Gasteiger partial charge in [0.05, 0.1) is 0 Å². The third-order valence-electron chi connectivity index (χ3n) is 4.70. The summed E-state index contributed by atoms with van der Waals surface area (Å²) in [6, 6.07) is 13.8. The Kier molecular flexibility index (Phi) is 6.26. The highest BCUT2D eigenvalue weighted by atomic mass is 16.5. The number of nitrogens with two attached hydrogens (primary N) is 1. The van der Waals surface area contributed by atoms with E-state index in [-0.39, 0.29) is 12.4 Å². The maximum Gasteiger partial charge on any atom is 0.259 e. The van der Waals surface area contributed by atoms with E-state index >= 15 is 0 Å². The van der Waals surface area contributed by atoms with Crippen LogP contribution in [0.15, 0.2) is 48.5 Å². The number of rotatable bonds is 5. The molecule has 3 rings (SSSR count). The molecule has 29 heavy (non-hydrogen) atoms. The Labute approximate surface area is 168 Å². The lowest BCUT2D eigenvalue weighted by atomic mass is 10.1. The van der Waals surface area contributed by atoms with Gasteiger partial charge in [0.1, 0.15) is 5.84 Å². The highest BCUT2D eigenvalue weighted by Crippen LogP contribution is 2.21. The summed E-state index contributed by atoms with van der Waals surface area (Å²) in [6.07, 6.45) is -2.37. The normalized spacial score (nSPS) is 18.1. The van der Waals surface area contributed by atoms with Crippen molar-refractivity contribution in [3.8, 4) is 0 Å². The lowest BCUT2D eigenvalue weighted by Crippen LogP contribution is -2.49. The molecule has 2 amide bonds. The summed E-state index contributed by atoms with van der Waals surface area (Å²) < 4.78 is 5.52. The van der Waals surface area contributed by atoms with Crippen molar-refractivity contribution in [1.29, 1.82) is 5.41 Å². The van der Waals surface area contributed by atoms with Gasteiger partial charge in [-0.3, -0.25) is 15.0 Å². The second kappa shape index (κ2) is 8.85. The Bertz CT molecular complexity index is 896. The fraction of sp³-hybridized carbons (Fsp3) is 0.286. The van der Waals surface area contributed by atoms with Crippen LogP contribution in [0.3, 0.4) is 0 Å². The predicted octanol–water partition coefficient (Wildman–Crippen LogP) is 1.40. The topological polar surface area (TPSA) is 129 Å². The lowest BCUT2D eigenvalue weighted by Gasteiger charge is -2.26. The number of amides is 2. The van der Waals surface area contributed by atoms with Gasteiger partial charge in [-0.1, -0.05) is 17.7 Å². The predicted molar refractivity (Wildman–Crippen MR) is 110 cm³/mol. The summed E-state index contributed by atoms with van der Waals surface area (Å²) in [5.74, 6) is -1.29.